The zero-order chi connectivity index (χ0) is 12.3. The summed E-state index contributed by atoms with van der Waals surface area (Å²) in [5, 5.41) is 0. The van der Waals surface area contributed by atoms with Gasteiger partial charge in [0.25, 0.3) is 0 Å². The molecule has 0 radical (unpaired) electrons. The Morgan fingerprint density at radius 3 is 2.18 bits per heavy atom. The number of hydrogen-bond acceptors (Lipinski definition) is 1. The van der Waals surface area contributed by atoms with Crippen molar-refractivity contribution in [2.24, 2.45) is 0 Å². The van der Waals surface area contributed by atoms with Crippen LogP contribution in [0.1, 0.15) is 28.8 Å². The second-order valence-electron chi connectivity index (χ2n) is 4.00. The van der Waals surface area contributed by atoms with E-state index < -0.39 is 0 Å². The summed E-state index contributed by atoms with van der Waals surface area (Å²) < 4.78 is 1.14. The maximum absolute atomic E-state index is 12.3. The Morgan fingerprint density at radius 2 is 1.59 bits per heavy atom. The lowest BCUT2D eigenvalue weighted by Crippen LogP contribution is -2.09. The Labute approximate surface area is 115 Å². The monoisotopic (exact) mass is 336 g/mol. The van der Waals surface area contributed by atoms with Gasteiger partial charge in [-0.1, -0.05) is 49.4 Å². The van der Waals surface area contributed by atoms with E-state index >= 15 is 0 Å². The fourth-order valence-corrected chi connectivity index (χ4v) is 2.12. The maximum Gasteiger partial charge on any atom is 0.170 e. The molecule has 2 heteroatoms. The van der Waals surface area contributed by atoms with Crippen molar-refractivity contribution in [3.8, 4) is 0 Å². The van der Waals surface area contributed by atoms with Gasteiger partial charge in [0.15, 0.2) is 5.78 Å². The average molecular weight is 336 g/mol. The minimum atomic E-state index is -0.0868. The number of benzene rings is 2. The lowest BCUT2D eigenvalue weighted by Gasteiger charge is -2.10. The molecular weight excluding hydrogens is 323 g/mol. The van der Waals surface area contributed by atoms with Gasteiger partial charge in [0.1, 0.15) is 0 Å². The molecule has 2 rings (SSSR count). The van der Waals surface area contributed by atoms with E-state index in [0.29, 0.717) is 0 Å². The number of ketones is 1. The van der Waals surface area contributed by atoms with Crippen molar-refractivity contribution < 1.29 is 4.79 Å². The minimum Gasteiger partial charge on any atom is -0.294 e. The van der Waals surface area contributed by atoms with Crippen LogP contribution < -0.4 is 0 Å². The van der Waals surface area contributed by atoms with Gasteiger partial charge in [-0.25, -0.2) is 0 Å². The number of hydrogen-bond donors (Lipinski definition) is 0. The molecule has 0 aromatic heterocycles. The average Bonchev–Trinajstić information content (AvgIpc) is 2.39. The lowest BCUT2D eigenvalue weighted by molar-refractivity contribution is 0.0966. The molecule has 0 aliphatic heterocycles. The zero-order valence-corrected chi connectivity index (χ0v) is 11.7. The summed E-state index contributed by atoms with van der Waals surface area (Å²) in [5.41, 5.74) is 1.85. The fraction of sp³-hybridized carbons (Fsp3) is 0.133. The Morgan fingerprint density at radius 1 is 1.00 bits per heavy atom. The first-order chi connectivity index (χ1) is 8.18. The first-order valence-electron chi connectivity index (χ1n) is 5.53. The van der Waals surface area contributed by atoms with Crippen LogP contribution in [0.15, 0.2) is 54.6 Å². The summed E-state index contributed by atoms with van der Waals surface area (Å²) in [6.07, 6.45) is 0. The van der Waals surface area contributed by atoms with Crippen LogP contribution >= 0.6 is 22.6 Å². The first kappa shape index (κ1) is 12.3. The third kappa shape index (κ3) is 2.94. The van der Waals surface area contributed by atoms with Gasteiger partial charge in [-0.3, -0.25) is 4.79 Å². The fourth-order valence-electron chi connectivity index (χ4n) is 1.76. The van der Waals surface area contributed by atoms with Crippen LogP contribution in [0.3, 0.4) is 0 Å². The van der Waals surface area contributed by atoms with Crippen LogP contribution in [0.25, 0.3) is 0 Å². The second kappa shape index (κ2) is 5.45. The third-order valence-corrected chi connectivity index (χ3v) is 3.54. The predicted octanol–water partition coefficient (Wildman–Crippen LogP) is 4.28. The SMILES string of the molecule is CC(C(=O)c1ccc(I)cc1)c1ccccc1. The molecule has 0 saturated heterocycles. The van der Waals surface area contributed by atoms with E-state index in [4.69, 9.17) is 0 Å². The summed E-state index contributed by atoms with van der Waals surface area (Å²) in [6, 6.07) is 17.6. The molecular formula is C15H13IO. The van der Waals surface area contributed by atoms with Crippen molar-refractivity contribution >= 4 is 28.4 Å². The molecule has 17 heavy (non-hydrogen) atoms. The van der Waals surface area contributed by atoms with Crippen molar-refractivity contribution in [2.75, 3.05) is 0 Å². The van der Waals surface area contributed by atoms with Crippen LogP contribution in [-0.4, -0.2) is 5.78 Å². The Bertz CT molecular complexity index is 502. The highest BCUT2D eigenvalue weighted by atomic mass is 127. The van der Waals surface area contributed by atoms with E-state index in [9.17, 15) is 4.79 Å². The van der Waals surface area contributed by atoms with E-state index in [-0.39, 0.29) is 11.7 Å². The number of halogens is 1. The number of carbonyl (C=O) groups excluding carboxylic acids is 1. The van der Waals surface area contributed by atoms with E-state index in [1.54, 1.807) is 0 Å². The summed E-state index contributed by atoms with van der Waals surface area (Å²) in [6.45, 7) is 1.95. The normalized spacial score (nSPS) is 12.1. The van der Waals surface area contributed by atoms with Crippen LogP contribution in [0, 0.1) is 3.57 Å². The van der Waals surface area contributed by atoms with Crippen molar-refractivity contribution in [3.05, 3.63) is 69.3 Å². The largest absolute Gasteiger partial charge is 0.294 e. The van der Waals surface area contributed by atoms with Crippen LogP contribution in [0.2, 0.25) is 0 Å². The quantitative estimate of drug-likeness (QED) is 0.604. The van der Waals surface area contributed by atoms with Crippen molar-refractivity contribution in [2.45, 2.75) is 12.8 Å². The van der Waals surface area contributed by atoms with Gasteiger partial charge in [0, 0.05) is 15.1 Å². The molecule has 86 valence electrons. The molecule has 2 aromatic rings. The van der Waals surface area contributed by atoms with Crippen LogP contribution in [0.5, 0.6) is 0 Å². The molecule has 2 aromatic carbocycles. The van der Waals surface area contributed by atoms with Gasteiger partial charge in [-0.15, -0.1) is 0 Å². The van der Waals surface area contributed by atoms with Gasteiger partial charge < -0.3 is 0 Å². The van der Waals surface area contributed by atoms with Crippen molar-refractivity contribution in [1.29, 1.82) is 0 Å². The Hall–Kier alpha value is -1.16. The van der Waals surface area contributed by atoms with Gasteiger partial charge in [0.2, 0.25) is 0 Å². The van der Waals surface area contributed by atoms with Gasteiger partial charge in [-0.05, 0) is 40.3 Å². The molecule has 0 spiro atoms. The number of Topliss-reactive ketones (excluding diaryl/α,β-unsaturated/α-hetero) is 1. The molecule has 0 fully saturated rings. The maximum atomic E-state index is 12.3. The topological polar surface area (TPSA) is 17.1 Å². The van der Waals surface area contributed by atoms with E-state index in [2.05, 4.69) is 22.6 Å². The summed E-state index contributed by atoms with van der Waals surface area (Å²) >= 11 is 2.24. The molecule has 0 heterocycles. The summed E-state index contributed by atoms with van der Waals surface area (Å²) in [5.74, 6) is 0.0869. The number of carbonyl (C=O) groups is 1. The molecule has 0 amide bonds. The van der Waals surface area contributed by atoms with E-state index in [1.807, 2.05) is 61.5 Å². The molecule has 1 atom stereocenters. The third-order valence-electron chi connectivity index (χ3n) is 2.82. The smallest absolute Gasteiger partial charge is 0.170 e. The number of rotatable bonds is 3. The van der Waals surface area contributed by atoms with Crippen molar-refractivity contribution in [3.63, 3.8) is 0 Å². The highest BCUT2D eigenvalue weighted by Gasteiger charge is 2.16. The van der Waals surface area contributed by atoms with Crippen LogP contribution in [-0.2, 0) is 0 Å². The molecule has 0 saturated carbocycles. The van der Waals surface area contributed by atoms with E-state index in [0.717, 1.165) is 14.7 Å². The Kier molecular flexibility index (Phi) is 3.94. The lowest BCUT2D eigenvalue weighted by atomic mass is 9.92. The zero-order valence-electron chi connectivity index (χ0n) is 9.56. The standard InChI is InChI=1S/C15H13IO/c1-11(12-5-3-2-4-6-12)15(17)13-7-9-14(16)10-8-13/h2-11H,1H3. The molecule has 0 aliphatic rings. The second-order valence-corrected chi connectivity index (χ2v) is 5.25. The minimum absolute atomic E-state index is 0.0868. The predicted molar refractivity (Wildman–Crippen MR) is 78.3 cm³/mol. The molecule has 0 bridgehead atoms. The van der Waals surface area contributed by atoms with Gasteiger partial charge in [-0.2, -0.15) is 0 Å². The first-order valence-corrected chi connectivity index (χ1v) is 6.61. The van der Waals surface area contributed by atoms with E-state index in [1.165, 1.54) is 0 Å². The van der Waals surface area contributed by atoms with Gasteiger partial charge >= 0.3 is 0 Å². The molecule has 0 N–H and O–H groups in total. The Balaban J connectivity index is 2.23. The highest BCUT2D eigenvalue weighted by Crippen LogP contribution is 2.20. The van der Waals surface area contributed by atoms with Gasteiger partial charge in [0.05, 0.1) is 0 Å². The highest BCUT2D eigenvalue weighted by molar-refractivity contribution is 14.1. The van der Waals surface area contributed by atoms with Crippen molar-refractivity contribution in [1.82, 2.24) is 0 Å². The molecule has 1 unspecified atom stereocenters. The summed E-state index contributed by atoms with van der Waals surface area (Å²) in [7, 11) is 0. The summed E-state index contributed by atoms with van der Waals surface area (Å²) in [4.78, 5) is 12.3. The van der Waals surface area contributed by atoms with Crippen LogP contribution in [0.4, 0.5) is 0 Å². The molecule has 1 nitrogen and oxygen atoms in total. The molecule has 0 aliphatic carbocycles.